The monoisotopic (exact) mass is 534 g/mol. The standard InChI is InChI=1S/C12H18N2.C11H13NO.CH5N.CH4O.Pd/c1-13-11-7-9-14(10-8-11)12-5-3-2-4-6-12;13-11-6-8-12(9-7-11)10-4-2-1-3-5-10;2*1-2;/h2-6,11,13H,7-10H2,1H3;1-5H,6-9H2;2H2,1H3;2H,1H3;. The van der Waals surface area contributed by atoms with Gasteiger partial charge >= 0.3 is 0 Å². The number of nitrogens with two attached hydrogens (primary N) is 1. The van der Waals surface area contributed by atoms with Crippen LogP contribution in [0.2, 0.25) is 0 Å². The van der Waals surface area contributed by atoms with Gasteiger partial charge < -0.3 is 26.0 Å². The molecule has 0 atom stereocenters. The first kappa shape index (κ1) is 30.3. The van der Waals surface area contributed by atoms with Gasteiger partial charge in [-0.25, -0.2) is 0 Å². The van der Waals surface area contributed by atoms with Crippen molar-refractivity contribution in [2.24, 2.45) is 5.73 Å². The van der Waals surface area contributed by atoms with Gasteiger partial charge in [-0.05, 0) is 51.2 Å². The molecule has 2 fully saturated rings. The number of hydrogen-bond acceptors (Lipinski definition) is 6. The van der Waals surface area contributed by atoms with E-state index in [1.807, 2.05) is 18.2 Å². The Kier molecular flexibility index (Phi) is 17.8. The van der Waals surface area contributed by atoms with Gasteiger partial charge in [0.2, 0.25) is 0 Å². The molecule has 2 aliphatic heterocycles. The maximum atomic E-state index is 11.0. The molecule has 2 heterocycles. The number of carbonyl (C=O) groups excluding carboxylic acids is 1. The van der Waals surface area contributed by atoms with Gasteiger partial charge in [-0.15, -0.1) is 0 Å². The first-order chi connectivity index (χ1) is 15.3. The summed E-state index contributed by atoms with van der Waals surface area (Å²) in [7, 11) is 4.56. The van der Waals surface area contributed by atoms with Crippen molar-refractivity contribution >= 4 is 17.2 Å². The molecule has 6 nitrogen and oxygen atoms in total. The van der Waals surface area contributed by atoms with Gasteiger partial charge in [-0.3, -0.25) is 4.79 Å². The zero-order chi connectivity index (χ0) is 22.9. The minimum Gasteiger partial charge on any atom is -0.400 e. The van der Waals surface area contributed by atoms with Crippen LogP contribution in [-0.4, -0.2) is 64.3 Å². The SMILES string of the molecule is CN.CNC1CCN(c2ccccc2)CC1.CO.O=C1CCN(c2ccccc2)CC1.[Pd]. The van der Waals surface area contributed by atoms with E-state index in [4.69, 9.17) is 5.11 Å². The summed E-state index contributed by atoms with van der Waals surface area (Å²) in [6, 6.07) is 21.7. The molecule has 2 aromatic rings. The number of aliphatic hydroxyl groups excluding tert-OH is 1. The van der Waals surface area contributed by atoms with E-state index in [1.165, 1.54) is 44.4 Å². The Morgan fingerprint density at radius 3 is 1.53 bits per heavy atom. The Labute approximate surface area is 207 Å². The number of nitrogens with zero attached hydrogens (tertiary/aromatic N) is 2. The van der Waals surface area contributed by atoms with Crippen LogP contribution in [0.25, 0.3) is 0 Å². The van der Waals surface area contributed by atoms with Gasteiger partial charge in [0, 0.05) is 84.0 Å². The van der Waals surface area contributed by atoms with Gasteiger partial charge in [-0.2, -0.15) is 0 Å². The summed E-state index contributed by atoms with van der Waals surface area (Å²) in [6.45, 7) is 4.11. The summed E-state index contributed by atoms with van der Waals surface area (Å²) in [4.78, 5) is 15.7. The Morgan fingerprint density at radius 1 is 0.781 bits per heavy atom. The van der Waals surface area contributed by atoms with E-state index < -0.39 is 0 Å². The van der Waals surface area contributed by atoms with Crippen LogP contribution in [0.15, 0.2) is 60.7 Å². The molecule has 0 aliphatic carbocycles. The summed E-state index contributed by atoms with van der Waals surface area (Å²) in [5.41, 5.74) is 7.09. The summed E-state index contributed by atoms with van der Waals surface area (Å²) < 4.78 is 0. The summed E-state index contributed by atoms with van der Waals surface area (Å²) in [5, 5.41) is 10.3. The van der Waals surface area contributed by atoms with Crippen molar-refractivity contribution in [2.45, 2.75) is 31.7 Å². The molecule has 32 heavy (non-hydrogen) atoms. The number of Topliss-reactive ketones (excluding diaryl/α,β-unsaturated/α-hetero) is 1. The van der Waals surface area contributed by atoms with Crippen LogP contribution in [0.4, 0.5) is 11.4 Å². The van der Waals surface area contributed by atoms with E-state index in [0.717, 1.165) is 26.2 Å². The van der Waals surface area contributed by atoms with Crippen molar-refractivity contribution in [3.63, 3.8) is 0 Å². The molecular formula is C25H40N4O2Pd. The third-order valence-corrected chi connectivity index (χ3v) is 5.47. The Hall–Kier alpha value is -1.75. The molecule has 2 aromatic carbocycles. The molecule has 0 aromatic heterocycles. The van der Waals surface area contributed by atoms with Crippen LogP contribution in [-0.2, 0) is 25.2 Å². The largest absolute Gasteiger partial charge is 0.400 e. The number of benzene rings is 2. The molecule has 0 unspecified atom stereocenters. The summed E-state index contributed by atoms with van der Waals surface area (Å²) in [5.74, 6) is 0.396. The number of carbonyl (C=O) groups is 1. The maximum absolute atomic E-state index is 11.0. The van der Waals surface area contributed by atoms with Gasteiger partial charge in [0.05, 0.1) is 0 Å². The topological polar surface area (TPSA) is 81.8 Å². The second kappa shape index (κ2) is 18.8. The fourth-order valence-electron chi connectivity index (χ4n) is 3.72. The van der Waals surface area contributed by atoms with Crippen LogP contribution in [0.5, 0.6) is 0 Å². The van der Waals surface area contributed by atoms with Crippen molar-refractivity contribution in [2.75, 3.05) is 57.2 Å². The van der Waals surface area contributed by atoms with E-state index in [-0.39, 0.29) is 20.4 Å². The van der Waals surface area contributed by atoms with Crippen molar-refractivity contribution in [1.82, 2.24) is 5.32 Å². The molecule has 182 valence electrons. The average Bonchev–Trinajstić information content (AvgIpc) is 2.88. The number of nitrogens with one attached hydrogen (secondary N) is 1. The number of para-hydroxylation sites is 2. The number of aliphatic hydroxyl groups is 1. The predicted octanol–water partition coefficient (Wildman–Crippen LogP) is 2.91. The second-order valence-corrected chi connectivity index (χ2v) is 7.25. The summed E-state index contributed by atoms with van der Waals surface area (Å²) >= 11 is 0. The number of anilines is 2. The fourth-order valence-corrected chi connectivity index (χ4v) is 3.72. The van der Waals surface area contributed by atoms with Crippen LogP contribution in [0, 0.1) is 0 Å². The van der Waals surface area contributed by atoms with Crippen LogP contribution in [0.1, 0.15) is 25.7 Å². The van der Waals surface area contributed by atoms with E-state index in [0.29, 0.717) is 18.6 Å². The maximum Gasteiger partial charge on any atom is 0.136 e. The number of ketones is 1. The summed E-state index contributed by atoms with van der Waals surface area (Å²) in [6.07, 6.45) is 3.92. The molecule has 0 bridgehead atoms. The van der Waals surface area contributed by atoms with E-state index in [2.05, 4.69) is 70.4 Å². The van der Waals surface area contributed by atoms with Crippen LogP contribution >= 0.6 is 0 Å². The quantitative estimate of drug-likeness (QED) is 0.525. The first-order valence-corrected chi connectivity index (χ1v) is 11.1. The first-order valence-electron chi connectivity index (χ1n) is 11.1. The molecule has 0 spiro atoms. The molecule has 0 amide bonds. The third kappa shape index (κ3) is 10.7. The van der Waals surface area contributed by atoms with Crippen molar-refractivity contribution in [1.29, 1.82) is 0 Å². The minimum atomic E-state index is 0. The average molecular weight is 535 g/mol. The van der Waals surface area contributed by atoms with Crippen LogP contribution < -0.4 is 20.9 Å². The molecular weight excluding hydrogens is 495 g/mol. The Balaban J connectivity index is 0.000000507. The molecule has 4 rings (SSSR count). The van der Waals surface area contributed by atoms with E-state index in [9.17, 15) is 4.79 Å². The van der Waals surface area contributed by atoms with Crippen molar-refractivity contribution < 1.29 is 30.3 Å². The molecule has 2 aliphatic rings. The van der Waals surface area contributed by atoms with Gasteiger partial charge in [-0.1, -0.05) is 36.4 Å². The zero-order valence-electron chi connectivity index (χ0n) is 19.7. The molecule has 7 heteroatoms. The fraction of sp³-hybridized carbons (Fsp3) is 0.480. The molecule has 2 saturated heterocycles. The number of hydrogen-bond donors (Lipinski definition) is 3. The molecule has 4 N–H and O–H groups in total. The Morgan fingerprint density at radius 2 is 1.16 bits per heavy atom. The van der Waals surface area contributed by atoms with Gasteiger partial charge in [0.25, 0.3) is 0 Å². The molecule has 0 saturated carbocycles. The van der Waals surface area contributed by atoms with E-state index >= 15 is 0 Å². The van der Waals surface area contributed by atoms with Gasteiger partial charge in [0.15, 0.2) is 0 Å². The predicted molar refractivity (Wildman–Crippen MR) is 132 cm³/mol. The molecule has 0 radical (unpaired) electrons. The van der Waals surface area contributed by atoms with Crippen molar-refractivity contribution in [3.8, 4) is 0 Å². The number of rotatable bonds is 3. The van der Waals surface area contributed by atoms with Crippen LogP contribution in [0.3, 0.4) is 0 Å². The number of piperidine rings is 2. The smallest absolute Gasteiger partial charge is 0.136 e. The minimum absolute atomic E-state index is 0. The normalized spacial score (nSPS) is 15.6. The van der Waals surface area contributed by atoms with Crippen molar-refractivity contribution in [3.05, 3.63) is 60.7 Å². The third-order valence-electron chi connectivity index (χ3n) is 5.47. The second-order valence-electron chi connectivity index (χ2n) is 7.25. The van der Waals surface area contributed by atoms with Gasteiger partial charge in [0.1, 0.15) is 5.78 Å². The Bertz CT molecular complexity index is 686. The zero-order valence-corrected chi connectivity index (χ0v) is 21.2. The van der Waals surface area contributed by atoms with E-state index in [1.54, 1.807) is 0 Å².